The van der Waals surface area contributed by atoms with Crippen molar-refractivity contribution in [3.05, 3.63) is 33.9 Å². The number of nitro groups is 1. The first-order valence-electron chi connectivity index (χ1n) is 6.45. The lowest BCUT2D eigenvalue weighted by Gasteiger charge is -2.26. The van der Waals surface area contributed by atoms with Crippen LogP contribution in [0.5, 0.6) is 0 Å². The Kier molecular flexibility index (Phi) is 3.79. The molecule has 1 aromatic rings. The molecule has 8 nitrogen and oxygen atoms in total. The summed E-state index contributed by atoms with van der Waals surface area (Å²) in [6.07, 6.45) is 2.28. The number of carbonyl (C=O) groups is 2. The summed E-state index contributed by atoms with van der Waals surface area (Å²) in [5, 5.41) is 23.3. The molecule has 0 atom stereocenters. The molecule has 0 bridgehead atoms. The fourth-order valence-corrected chi connectivity index (χ4v) is 2.57. The van der Waals surface area contributed by atoms with Crippen molar-refractivity contribution in [3.8, 4) is 0 Å². The van der Waals surface area contributed by atoms with E-state index in [1.54, 1.807) is 0 Å². The zero-order valence-electron chi connectivity index (χ0n) is 11.2. The highest BCUT2D eigenvalue weighted by atomic mass is 16.6. The van der Waals surface area contributed by atoms with Gasteiger partial charge in [0.2, 0.25) is 5.91 Å². The molecule has 1 aromatic carbocycles. The first-order chi connectivity index (χ1) is 9.85. The van der Waals surface area contributed by atoms with E-state index in [1.165, 1.54) is 12.1 Å². The number of carbonyl (C=O) groups excluding carboxylic acids is 1. The maximum atomic E-state index is 11.5. The van der Waals surface area contributed by atoms with Crippen molar-refractivity contribution in [1.82, 2.24) is 0 Å². The third-order valence-corrected chi connectivity index (χ3v) is 3.72. The average Bonchev–Trinajstić information content (AvgIpc) is 2.88. The predicted octanol–water partition coefficient (Wildman–Crippen LogP) is 1.50. The SMILES string of the molecule is NC(=O)c1ccc(NC2(C(=O)O)CCCC2)c([N+](=O)[O-])c1. The number of nitrogens with one attached hydrogen (secondary N) is 1. The molecule has 1 aliphatic rings. The number of hydrogen-bond donors (Lipinski definition) is 3. The number of carboxylic acids is 1. The number of hydrogen-bond acceptors (Lipinski definition) is 5. The van der Waals surface area contributed by atoms with Gasteiger partial charge in [0, 0.05) is 11.6 Å². The Balaban J connectivity index is 2.41. The monoisotopic (exact) mass is 293 g/mol. The number of anilines is 1. The molecule has 112 valence electrons. The maximum absolute atomic E-state index is 11.5. The van der Waals surface area contributed by atoms with Crippen LogP contribution in [0.15, 0.2) is 18.2 Å². The minimum absolute atomic E-state index is 0.00282. The van der Waals surface area contributed by atoms with E-state index < -0.39 is 22.3 Å². The Morgan fingerprint density at radius 1 is 1.33 bits per heavy atom. The molecule has 0 saturated heterocycles. The van der Waals surface area contributed by atoms with E-state index in [-0.39, 0.29) is 16.9 Å². The molecule has 8 heteroatoms. The lowest BCUT2D eigenvalue weighted by molar-refractivity contribution is -0.384. The van der Waals surface area contributed by atoms with Crippen molar-refractivity contribution in [2.24, 2.45) is 5.73 Å². The Hall–Kier alpha value is -2.64. The quantitative estimate of drug-likeness (QED) is 0.556. The van der Waals surface area contributed by atoms with Crippen LogP contribution in [0, 0.1) is 10.1 Å². The van der Waals surface area contributed by atoms with Gasteiger partial charge in [-0.2, -0.15) is 0 Å². The molecule has 1 saturated carbocycles. The third kappa shape index (κ3) is 2.78. The highest BCUT2D eigenvalue weighted by molar-refractivity contribution is 5.94. The van der Waals surface area contributed by atoms with Gasteiger partial charge in [-0.3, -0.25) is 14.9 Å². The number of rotatable bonds is 5. The minimum atomic E-state index is -1.20. The van der Waals surface area contributed by atoms with Crippen molar-refractivity contribution in [2.45, 2.75) is 31.2 Å². The molecule has 1 aliphatic carbocycles. The van der Waals surface area contributed by atoms with E-state index >= 15 is 0 Å². The lowest BCUT2D eigenvalue weighted by atomic mass is 9.97. The van der Waals surface area contributed by atoms with E-state index in [0.717, 1.165) is 18.9 Å². The fraction of sp³-hybridized carbons (Fsp3) is 0.385. The molecule has 1 fully saturated rings. The zero-order valence-corrected chi connectivity index (χ0v) is 11.2. The summed E-state index contributed by atoms with van der Waals surface area (Å²) in [7, 11) is 0. The summed E-state index contributed by atoms with van der Waals surface area (Å²) in [5.41, 5.74) is 3.62. The molecule has 21 heavy (non-hydrogen) atoms. The van der Waals surface area contributed by atoms with E-state index in [9.17, 15) is 24.8 Å². The number of carboxylic acid groups (broad SMARTS) is 1. The standard InChI is InChI=1S/C13H15N3O5/c14-11(17)8-3-4-9(10(7-8)16(20)21)15-13(12(18)19)5-1-2-6-13/h3-4,7,15H,1-2,5-6H2,(H2,14,17)(H,18,19). The molecular formula is C13H15N3O5. The maximum Gasteiger partial charge on any atom is 0.329 e. The molecule has 0 aliphatic heterocycles. The third-order valence-electron chi connectivity index (χ3n) is 3.72. The summed E-state index contributed by atoms with van der Waals surface area (Å²) >= 11 is 0. The molecule has 0 aromatic heterocycles. The van der Waals surface area contributed by atoms with Crippen molar-refractivity contribution in [3.63, 3.8) is 0 Å². The Morgan fingerprint density at radius 3 is 2.43 bits per heavy atom. The van der Waals surface area contributed by atoms with Crippen LogP contribution in [-0.2, 0) is 4.79 Å². The summed E-state index contributed by atoms with van der Waals surface area (Å²) in [4.78, 5) is 33.0. The fourth-order valence-electron chi connectivity index (χ4n) is 2.57. The largest absolute Gasteiger partial charge is 0.480 e. The zero-order chi connectivity index (χ0) is 15.6. The van der Waals surface area contributed by atoms with Gasteiger partial charge >= 0.3 is 5.97 Å². The van der Waals surface area contributed by atoms with Crippen LogP contribution in [0.4, 0.5) is 11.4 Å². The highest BCUT2D eigenvalue weighted by Crippen LogP contribution is 2.36. The first-order valence-corrected chi connectivity index (χ1v) is 6.45. The lowest BCUT2D eigenvalue weighted by Crippen LogP contribution is -2.43. The second kappa shape index (κ2) is 5.39. The van der Waals surface area contributed by atoms with Crippen LogP contribution < -0.4 is 11.1 Å². The summed E-state index contributed by atoms with van der Waals surface area (Å²) in [6.45, 7) is 0. The number of nitrogens with zero attached hydrogens (tertiary/aromatic N) is 1. The molecule has 0 unspecified atom stereocenters. The second-order valence-electron chi connectivity index (χ2n) is 5.07. The molecule has 0 spiro atoms. The summed E-state index contributed by atoms with van der Waals surface area (Å²) in [5.74, 6) is -1.81. The van der Waals surface area contributed by atoms with Crippen molar-refractivity contribution < 1.29 is 19.6 Å². The Bertz CT molecular complexity index is 608. The van der Waals surface area contributed by atoms with Crippen LogP contribution in [0.2, 0.25) is 0 Å². The number of benzene rings is 1. The van der Waals surface area contributed by atoms with Gasteiger partial charge in [-0.25, -0.2) is 4.79 Å². The normalized spacial score (nSPS) is 16.4. The highest BCUT2D eigenvalue weighted by Gasteiger charge is 2.42. The summed E-state index contributed by atoms with van der Waals surface area (Å²) in [6, 6.07) is 3.71. The van der Waals surface area contributed by atoms with Crippen LogP contribution in [0.3, 0.4) is 0 Å². The van der Waals surface area contributed by atoms with Crippen LogP contribution in [0.25, 0.3) is 0 Å². The molecule has 0 radical (unpaired) electrons. The van der Waals surface area contributed by atoms with E-state index in [2.05, 4.69) is 5.32 Å². The van der Waals surface area contributed by atoms with E-state index in [1.807, 2.05) is 0 Å². The second-order valence-corrected chi connectivity index (χ2v) is 5.07. The van der Waals surface area contributed by atoms with Crippen molar-refractivity contribution in [1.29, 1.82) is 0 Å². The number of amides is 1. The van der Waals surface area contributed by atoms with Gasteiger partial charge in [0.25, 0.3) is 5.69 Å². The molecular weight excluding hydrogens is 278 g/mol. The molecule has 1 amide bonds. The minimum Gasteiger partial charge on any atom is -0.480 e. The molecule has 4 N–H and O–H groups in total. The van der Waals surface area contributed by atoms with E-state index in [0.29, 0.717) is 12.8 Å². The van der Waals surface area contributed by atoms with Gasteiger partial charge in [0.1, 0.15) is 11.2 Å². The van der Waals surface area contributed by atoms with Crippen LogP contribution >= 0.6 is 0 Å². The summed E-state index contributed by atoms with van der Waals surface area (Å²) < 4.78 is 0. The molecule has 2 rings (SSSR count). The topological polar surface area (TPSA) is 136 Å². The van der Waals surface area contributed by atoms with Gasteiger partial charge in [-0.15, -0.1) is 0 Å². The average molecular weight is 293 g/mol. The van der Waals surface area contributed by atoms with Gasteiger partial charge in [0.05, 0.1) is 4.92 Å². The first kappa shape index (κ1) is 14.8. The molecule has 0 heterocycles. The number of nitrogens with two attached hydrogens (primary N) is 1. The van der Waals surface area contributed by atoms with Gasteiger partial charge < -0.3 is 16.2 Å². The van der Waals surface area contributed by atoms with Gasteiger partial charge in [0.15, 0.2) is 0 Å². The Labute approximate surface area is 120 Å². The van der Waals surface area contributed by atoms with E-state index in [4.69, 9.17) is 5.73 Å². The van der Waals surface area contributed by atoms with Crippen molar-refractivity contribution >= 4 is 23.3 Å². The number of nitro benzene ring substituents is 1. The van der Waals surface area contributed by atoms with Crippen LogP contribution in [0.1, 0.15) is 36.0 Å². The van der Waals surface area contributed by atoms with Gasteiger partial charge in [-0.1, -0.05) is 12.8 Å². The van der Waals surface area contributed by atoms with Crippen molar-refractivity contribution in [2.75, 3.05) is 5.32 Å². The Morgan fingerprint density at radius 2 is 1.95 bits per heavy atom. The van der Waals surface area contributed by atoms with Crippen LogP contribution in [-0.4, -0.2) is 27.4 Å². The predicted molar refractivity (Wildman–Crippen MR) is 74.1 cm³/mol. The smallest absolute Gasteiger partial charge is 0.329 e. The van der Waals surface area contributed by atoms with Gasteiger partial charge in [-0.05, 0) is 25.0 Å². The number of aliphatic carboxylic acids is 1. The number of primary amides is 1.